The Balaban J connectivity index is 2.42. The number of hydrogen-bond acceptors (Lipinski definition) is 6. The molecule has 1 unspecified atom stereocenters. The molecule has 6 nitrogen and oxygen atoms in total. The molecule has 0 bridgehead atoms. The molecule has 2 aromatic rings. The van der Waals surface area contributed by atoms with Crippen molar-refractivity contribution in [1.29, 1.82) is 0 Å². The van der Waals surface area contributed by atoms with Gasteiger partial charge in [-0.25, -0.2) is 0 Å². The molecule has 6 heteroatoms. The van der Waals surface area contributed by atoms with E-state index in [-0.39, 0.29) is 11.3 Å². The number of esters is 1. The van der Waals surface area contributed by atoms with Crippen molar-refractivity contribution >= 4 is 17.8 Å². The van der Waals surface area contributed by atoms with Gasteiger partial charge in [0.2, 0.25) is 5.75 Å². The maximum absolute atomic E-state index is 12.6. The maximum atomic E-state index is 12.6. The minimum Gasteiger partial charge on any atom is -0.504 e. The van der Waals surface area contributed by atoms with Crippen LogP contribution in [0, 0.1) is 5.92 Å². The van der Waals surface area contributed by atoms with E-state index in [1.165, 1.54) is 13.2 Å². The van der Waals surface area contributed by atoms with Gasteiger partial charge in [-0.2, -0.15) is 0 Å². The fourth-order valence-corrected chi connectivity index (χ4v) is 2.30. The van der Waals surface area contributed by atoms with Crippen LogP contribution in [0.3, 0.4) is 0 Å². The van der Waals surface area contributed by atoms with E-state index in [0.717, 1.165) is 11.6 Å². The van der Waals surface area contributed by atoms with E-state index >= 15 is 0 Å². The highest BCUT2D eigenvalue weighted by Gasteiger charge is 2.26. The fourth-order valence-electron chi connectivity index (χ4n) is 2.30. The third-order valence-electron chi connectivity index (χ3n) is 4.11. The number of phenols is 2. The molecule has 2 rings (SSSR count). The van der Waals surface area contributed by atoms with Gasteiger partial charge in [-0.3, -0.25) is 9.59 Å². The predicted molar refractivity (Wildman–Crippen MR) is 101 cm³/mol. The van der Waals surface area contributed by atoms with Crippen LogP contribution in [0.15, 0.2) is 42.5 Å². The zero-order valence-corrected chi connectivity index (χ0v) is 15.4. The zero-order chi connectivity index (χ0) is 20.0. The molecule has 1 atom stereocenters. The summed E-state index contributed by atoms with van der Waals surface area (Å²) in [5.41, 5.74) is 0.598. The Morgan fingerprint density at radius 3 is 2.44 bits per heavy atom. The van der Waals surface area contributed by atoms with Gasteiger partial charge in [-0.1, -0.05) is 50.3 Å². The van der Waals surface area contributed by atoms with Crippen LogP contribution in [-0.4, -0.2) is 29.1 Å². The average molecular weight is 370 g/mol. The first-order chi connectivity index (χ1) is 12.9. The standard InChI is InChI=1S/C21H22O6/c1-4-13(2)21(25)27-20-16(23)12-17(26-3)18(19(20)24)15(22)11-10-14-8-6-5-7-9-14/h5-13,23-24H,4H2,1-3H3/b11-10+. The van der Waals surface area contributed by atoms with E-state index < -0.39 is 34.9 Å². The molecule has 142 valence electrons. The Morgan fingerprint density at radius 1 is 1.19 bits per heavy atom. The van der Waals surface area contributed by atoms with Gasteiger partial charge in [0, 0.05) is 6.07 Å². The summed E-state index contributed by atoms with van der Waals surface area (Å²) in [5, 5.41) is 20.6. The highest BCUT2D eigenvalue weighted by Crippen LogP contribution is 2.44. The fraction of sp³-hybridized carbons (Fsp3) is 0.238. The molecular formula is C21H22O6. The van der Waals surface area contributed by atoms with Crippen LogP contribution in [0.4, 0.5) is 0 Å². The molecule has 0 saturated carbocycles. The lowest BCUT2D eigenvalue weighted by Crippen LogP contribution is -2.17. The van der Waals surface area contributed by atoms with Crippen LogP contribution in [0.5, 0.6) is 23.0 Å². The van der Waals surface area contributed by atoms with Crippen molar-refractivity contribution in [2.75, 3.05) is 7.11 Å². The second-order valence-corrected chi connectivity index (χ2v) is 5.99. The van der Waals surface area contributed by atoms with Gasteiger partial charge in [0.05, 0.1) is 13.0 Å². The summed E-state index contributed by atoms with van der Waals surface area (Å²) >= 11 is 0. The smallest absolute Gasteiger partial charge is 0.314 e. The number of rotatable bonds is 7. The van der Waals surface area contributed by atoms with Crippen molar-refractivity contribution < 1.29 is 29.3 Å². The van der Waals surface area contributed by atoms with Crippen molar-refractivity contribution in [2.24, 2.45) is 5.92 Å². The number of hydrogen-bond donors (Lipinski definition) is 2. The number of ether oxygens (including phenoxy) is 2. The van der Waals surface area contributed by atoms with Crippen LogP contribution < -0.4 is 9.47 Å². The Morgan fingerprint density at radius 2 is 1.85 bits per heavy atom. The normalized spacial score (nSPS) is 12.0. The summed E-state index contributed by atoms with van der Waals surface area (Å²) in [6, 6.07) is 10.3. The first kappa shape index (κ1) is 20.0. The maximum Gasteiger partial charge on any atom is 0.314 e. The van der Waals surface area contributed by atoms with E-state index in [4.69, 9.17) is 9.47 Å². The van der Waals surface area contributed by atoms with E-state index in [0.29, 0.717) is 6.42 Å². The summed E-state index contributed by atoms with van der Waals surface area (Å²) < 4.78 is 10.2. The Labute approximate surface area is 157 Å². The van der Waals surface area contributed by atoms with Crippen LogP contribution >= 0.6 is 0 Å². The van der Waals surface area contributed by atoms with Crippen LogP contribution in [-0.2, 0) is 4.79 Å². The molecule has 2 aromatic carbocycles. The summed E-state index contributed by atoms with van der Waals surface area (Å²) in [6.45, 7) is 3.47. The lowest BCUT2D eigenvalue weighted by molar-refractivity contribution is -0.138. The van der Waals surface area contributed by atoms with Gasteiger partial charge in [-0.15, -0.1) is 0 Å². The predicted octanol–water partition coefficient (Wildman–Crippen LogP) is 3.95. The zero-order valence-electron chi connectivity index (χ0n) is 15.4. The minimum absolute atomic E-state index is 0.0314. The quantitative estimate of drug-likeness (QED) is 0.332. The van der Waals surface area contributed by atoms with Crippen LogP contribution in [0.25, 0.3) is 6.08 Å². The van der Waals surface area contributed by atoms with Crippen molar-refractivity contribution in [3.63, 3.8) is 0 Å². The third-order valence-corrected chi connectivity index (χ3v) is 4.11. The first-order valence-corrected chi connectivity index (χ1v) is 8.51. The lowest BCUT2D eigenvalue weighted by atomic mass is 10.0. The van der Waals surface area contributed by atoms with E-state index in [1.807, 2.05) is 37.3 Å². The monoisotopic (exact) mass is 370 g/mol. The SMILES string of the molecule is CCC(C)C(=O)Oc1c(O)cc(OC)c(C(=O)/C=C/c2ccccc2)c1O. The van der Waals surface area contributed by atoms with E-state index in [9.17, 15) is 19.8 Å². The molecule has 0 fully saturated rings. The molecule has 0 amide bonds. The molecule has 27 heavy (non-hydrogen) atoms. The molecule has 0 aromatic heterocycles. The highest BCUT2D eigenvalue weighted by atomic mass is 16.5. The highest BCUT2D eigenvalue weighted by molar-refractivity contribution is 6.11. The molecule has 0 saturated heterocycles. The van der Waals surface area contributed by atoms with Gasteiger partial charge in [-0.05, 0) is 18.1 Å². The number of benzene rings is 2. The van der Waals surface area contributed by atoms with Gasteiger partial charge in [0.15, 0.2) is 17.3 Å². The largest absolute Gasteiger partial charge is 0.504 e. The molecule has 0 aliphatic rings. The van der Waals surface area contributed by atoms with Crippen molar-refractivity contribution in [2.45, 2.75) is 20.3 Å². The molecular weight excluding hydrogens is 348 g/mol. The molecule has 0 spiro atoms. The first-order valence-electron chi connectivity index (χ1n) is 8.51. The van der Waals surface area contributed by atoms with E-state index in [2.05, 4.69) is 0 Å². The second-order valence-electron chi connectivity index (χ2n) is 5.99. The van der Waals surface area contributed by atoms with Crippen molar-refractivity contribution in [3.8, 4) is 23.0 Å². The topological polar surface area (TPSA) is 93.1 Å². The lowest BCUT2D eigenvalue weighted by Gasteiger charge is -2.15. The Bertz CT molecular complexity index is 855. The summed E-state index contributed by atoms with van der Waals surface area (Å²) in [5.74, 6) is -3.24. The van der Waals surface area contributed by atoms with Gasteiger partial charge in [0.1, 0.15) is 11.3 Å². The number of allylic oxidation sites excluding steroid dienone is 1. The van der Waals surface area contributed by atoms with Crippen LogP contribution in [0.2, 0.25) is 0 Å². The molecule has 0 aliphatic carbocycles. The number of carbonyl (C=O) groups is 2. The van der Waals surface area contributed by atoms with Gasteiger partial charge >= 0.3 is 5.97 Å². The summed E-state index contributed by atoms with van der Waals surface area (Å²) in [6.07, 6.45) is 3.38. The number of phenolic OH excluding ortho intramolecular Hbond substituents is 2. The Kier molecular flexibility index (Phi) is 6.60. The third kappa shape index (κ3) is 4.67. The van der Waals surface area contributed by atoms with Crippen molar-refractivity contribution in [3.05, 3.63) is 53.6 Å². The molecule has 0 heterocycles. The second kappa shape index (κ2) is 8.89. The van der Waals surface area contributed by atoms with Gasteiger partial charge < -0.3 is 19.7 Å². The summed E-state index contributed by atoms with van der Waals surface area (Å²) in [4.78, 5) is 24.6. The Hall–Kier alpha value is -3.28. The number of methoxy groups -OCH3 is 1. The molecule has 0 aliphatic heterocycles. The number of ketones is 1. The molecule has 0 radical (unpaired) electrons. The number of aromatic hydroxyl groups is 2. The van der Waals surface area contributed by atoms with Crippen molar-refractivity contribution in [1.82, 2.24) is 0 Å². The van der Waals surface area contributed by atoms with E-state index in [1.54, 1.807) is 13.0 Å². The van der Waals surface area contributed by atoms with Crippen LogP contribution in [0.1, 0.15) is 36.2 Å². The minimum atomic E-state index is -0.647. The summed E-state index contributed by atoms with van der Waals surface area (Å²) in [7, 11) is 1.30. The average Bonchev–Trinajstić information content (AvgIpc) is 2.68. The molecule has 2 N–H and O–H groups in total. The number of carbonyl (C=O) groups excluding carboxylic acids is 2. The van der Waals surface area contributed by atoms with Gasteiger partial charge in [0.25, 0.3) is 0 Å².